The minimum Gasteiger partial charge on any atom is -0.493 e. The van der Waals surface area contributed by atoms with E-state index in [4.69, 9.17) is 23.7 Å². The second-order valence-corrected chi connectivity index (χ2v) is 14.8. The first-order valence-electron chi connectivity index (χ1n) is 20.1. The van der Waals surface area contributed by atoms with Crippen LogP contribution in [0, 0.1) is 5.92 Å². The van der Waals surface area contributed by atoms with Gasteiger partial charge in [-0.1, -0.05) is 91.0 Å². The van der Waals surface area contributed by atoms with Gasteiger partial charge in [-0.3, -0.25) is 14.4 Å². The van der Waals surface area contributed by atoms with Crippen LogP contribution in [0.4, 0.5) is 0 Å². The number of aryl methyl sites for hydroxylation is 2. The summed E-state index contributed by atoms with van der Waals surface area (Å²) in [7, 11) is 7.51. The van der Waals surface area contributed by atoms with E-state index in [0.717, 1.165) is 55.2 Å². The van der Waals surface area contributed by atoms with Crippen LogP contribution < -0.4 is 34.3 Å². The number of carbonyl (C=O) groups is 3. The number of ketones is 1. The highest BCUT2D eigenvalue weighted by atomic mass is 16.5. The van der Waals surface area contributed by atoms with Crippen molar-refractivity contribution in [2.45, 2.75) is 62.9 Å². The molecule has 1 aliphatic rings. The summed E-state index contributed by atoms with van der Waals surface area (Å²) in [5.74, 6) is -1.33. The maximum absolute atomic E-state index is 15.0. The van der Waals surface area contributed by atoms with Crippen molar-refractivity contribution in [3.8, 4) is 28.7 Å². The third-order valence-electron chi connectivity index (χ3n) is 11.2. The largest absolute Gasteiger partial charge is 0.493 e. The quantitative estimate of drug-likeness (QED) is 0.0639. The normalized spacial score (nSPS) is 15.7. The van der Waals surface area contributed by atoms with Crippen molar-refractivity contribution < 1.29 is 38.1 Å². The first-order chi connectivity index (χ1) is 28.8. The standard InChI is InChI=1S/C49H54N2O8/c1-55-40-28-35-27-39(48(53)50-37(25-15-21-32-17-9-6-10-18-32)26-16-22-33-19-11-7-12-20-33)45(44(34-23-13-8-14-24-34)38(35)31-41(40)56-2)51-49(54)46(52)36-29-42(57-3)47(59-5)43(30-36)58-4/h6-14,17-20,23-24,28-31,37,39,44-45H,15-16,21-22,25-27H2,1-5H3,(H,50,53)(H,51,54)/t39-,44-,45+/m1/s1. The molecule has 308 valence electrons. The van der Waals surface area contributed by atoms with Gasteiger partial charge in [0.1, 0.15) is 0 Å². The molecule has 0 saturated heterocycles. The number of fused-ring (bicyclic) bond motifs is 1. The number of carbonyl (C=O) groups excluding carboxylic acids is 3. The number of hydrogen-bond donors (Lipinski definition) is 2. The van der Waals surface area contributed by atoms with Gasteiger partial charge in [0.2, 0.25) is 17.4 Å². The van der Waals surface area contributed by atoms with Crippen LogP contribution in [-0.4, -0.2) is 65.2 Å². The Morgan fingerprint density at radius 2 is 1.14 bits per heavy atom. The number of Topliss-reactive ketones (excluding diaryl/α,β-unsaturated/α-hetero) is 1. The lowest BCUT2D eigenvalue weighted by Gasteiger charge is -2.40. The van der Waals surface area contributed by atoms with Gasteiger partial charge in [-0.25, -0.2) is 0 Å². The van der Waals surface area contributed by atoms with Crippen molar-refractivity contribution in [1.29, 1.82) is 0 Å². The Morgan fingerprint density at radius 1 is 0.627 bits per heavy atom. The van der Waals surface area contributed by atoms with Gasteiger partial charge in [-0.15, -0.1) is 0 Å². The van der Waals surface area contributed by atoms with Crippen LogP contribution in [-0.2, 0) is 28.9 Å². The fourth-order valence-corrected chi connectivity index (χ4v) is 8.23. The summed E-state index contributed by atoms with van der Waals surface area (Å²) in [6.45, 7) is 0. The van der Waals surface area contributed by atoms with Gasteiger partial charge < -0.3 is 34.3 Å². The smallest absolute Gasteiger partial charge is 0.292 e. The average Bonchev–Trinajstić information content (AvgIpc) is 3.28. The molecule has 10 heteroatoms. The highest BCUT2D eigenvalue weighted by Crippen LogP contribution is 2.45. The van der Waals surface area contributed by atoms with Crippen molar-refractivity contribution in [2.75, 3.05) is 35.5 Å². The molecular formula is C49H54N2O8. The number of benzene rings is 5. The van der Waals surface area contributed by atoms with Crippen molar-refractivity contribution >= 4 is 17.6 Å². The second kappa shape index (κ2) is 20.4. The lowest BCUT2D eigenvalue weighted by atomic mass is 9.69. The summed E-state index contributed by atoms with van der Waals surface area (Å²) in [6.07, 6.45) is 5.41. The Kier molecular flexibility index (Phi) is 14.6. The van der Waals surface area contributed by atoms with E-state index < -0.39 is 29.6 Å². The first-order valence-corrected chi connectivity index (χ1v) is 20.1. The van der Waals surface area contributed by atoms with Gasteiger partial charge >= 0.3 is 0 Å². The summed E-state index contributed by atoms with van der Waals surface area (Å²) in [5, 5.41) is 6.52. The SMILES string of the molecule is COc1cc2c(cc1OC)[C@@H](c1ccccc1)[C@@H](NC(=O)C(=O)c1cc(OC)c(OC)c(OC)c1)[C@H](C(=O)NC(CCCc1ccccc1)CCCc1ccccc1)C2. The molecule has 0 aliphatic heterocycles. The molecular weight excluding hydrogens is 745 g/mol. The Morgan fingerprint density at radius 3 is 1.64 bits per heavy atom. The molecule has 10 nitrogen and oxygen atoms in total. The van der Waals surface area contributed by atoms with Crippen LogP contribution in [0.5, 0.6) is 28.7 Å². The average molecular weight is 799 g/mol. The van der Waals surface area contributed by atoms with E-state index in [1.54, 1.807) is 14.2 Å². The molecule has 0 saturated carbocycles. The minimum absolute atomic E-state index is 0.0498. The predicted octanol–water partition coefficient (Wildman–Crippen LogP) is 7.93. The van der Waals surface area contributed by atoms with Gasteiger partial charge in [0.05, 0.1) is 47.5 Å². The lowest BCUT2D eigenvalue weighted by Crippen LogP contribution is -2.55. The molecule has 0 radical (unpaired) electrons. The molecule has 0 heterocycles. The molecule has 0 aromatic heterocycles. The van der Waals surface area contributed by atoms with Crippen LogP contribution in [0.3, 0.4) is 0 Å². The van der Waals surface area contributed by atoms with Gasteiger partial charge in [0.15, 0.2) is 23.0 Å². The van der Waals surface area contributed by atoms with Gasteiger partial charge in [0, 0.05) is 17.5 Å². The summed E-state index contributed by atoms with van der Waals surface area (Å²) in [4.78, 5) is 43.3. The molecule has 6 rings (SSSR count). The summed E-state index contributed by atoms with van der Waals surface area (Å²) in [5.41, 5.74) is 5.18. The Hall–Kier alpha value is -6.29. The van der Waals surface area contributed by atoms with Crippen LogP contribution >= 0.6 is 0 Å². The maximum atomic E-state index is 15.0. The van der Waals surface area contributed by atoms with Crippen molar-refractivity contribution in [3.05, 3.63) is 149 Å². The molecule has 59 heavy (non-hydrogen) atoms. The first kappa shape index (κ1) is 42.3. The fraction of sp³-hybridized carbons (Fsp3) is 0.327. The molecule has 0 bridgehead atoms. The zero-order valence-corrected chi connectivity index (χ0v) is 34.5. The fourth-order valence-electron chi connectivity index (χ4n) is 8.23. The Bertz CT molecular complexity index is 2110. The zero-order valence-electron chi connectivity index (χ0n) is 34.5. The molecule has 3 atom stereocenters. The number of ether oxygens (including phenoxy) is 5. The van der Waals surface area contributed by atoms with E-state index >= 15 is 0 Å². The summed E-state index contributed by atoms with van der Waals surface area (Å²) in [6, 6.07) is 36.2. The highest BCUT2D eigenvalue weighted by Gasteiger charge is 2.44. The number of rotatable bonds is 19. The Balaban J connectivity index is 1.36. The van der Waals surface area contributed by atoms with E-state index in [-0.39, 0.29) is 35.4 Å². The van der Waals surface area contributed by atoms with E-state index in [9.17, 15) is 14.4 Å². The monoisotopic (exact) mass is 798 g/mol. The number of amides is 2. The van der Waals surface area contributed by atoms with E-state index in [1.807, 2.05) is 78.9 Å². The van der Waals surface area contributed by atoms with E-state index in [0.29, 0.717) is 17.2 Å². The van der Waals surface area contributed by atoms with Crippen molar-refractivity contribution in [2.24, 2.45) is 5.92 Å². The number of hydrogen-bond acceptors (Lipinski definition) is 8. The van der Waals surface area contributed by atoms with Crippen LogP contribution in [0.2, 0.25) is 0 Å². The molecule has 2 N–H and O–H groups in total. The topological polar surface area (TPSA) is 121 Å². The van der Waals surface area contributed by atoms with Crippen LogP contribution in [0.15, 0.2) is 115 Å². The van der Waals surface area contributed by atoms with Crippen molar-refractivity contribution in [1.82, 2.24) is 10.6 Å². The molecule has 1 aliphatic carbocycles. The maximum Gasteiger partial charge on any atom is 0.292 e. The third kappa shape index (κ3) is 10.2. The third-order valence-corrected chi connectivity index (χ3v) is 11.2. The highest BCUT2D eigenvalue weighted by molar-refractivity contribution is 6.43. The molecule has 0 spiro atoms. The molecule has 5 aromatic carbocycles. The number of nitrogens with one attached hydrogen (secondary N) is 2. The zero-order chi connectivity index (χ0) is 41.7. The minimum atomic E-state index is -0.866. The lowest BCUT2D eigenvalue weighted by molar-refractivity contribution is -0.128. The summed E-state index contributed by atoms with van der Waals surface area (Å²) >= 11 is 0. The van der Waals surface area contributed by atoms with Gasteiger partial charge in [-0.2, -0.15) is 0 Å². The van der Waals surface area contributed by atoms with Gasteiger partial charge in [-0.05, 0) is 97.0 Å². The van der Waals surface area contributed by atoms with E-state index in [1.165, 1.54) is 44.6 Å². The number of methoxy groups -OCH3 is 5. The van der Waals surface area contributed by atoms with Gasteiger partial charge in [0.25, 0.3) is 5.91 Å². The van der Waals surface area contributed by atoms with E-state index in [2.05, 4.69) is 34.9 Å². The molecule has 5 aromatic rings. The summed E-state index contributed by atoms with van der Waals surface area (Å²) < 4.78 is 27.9. The molecule has 2 amide bonds. The molecule has 0 fully saturated rings. The molecule has 0 unspecified atom stereocenters. The van der Waals surface area contributed by atoms with Crippen LogP contribution in [0.25, 0.3) is 0 Å². The van der Waals surface area contributed by atoms with Crippen LogP contribution in [0.1, 0.15) is 69.8 Å². The Labute approximate surface area is 347 Å². The second-order valence-electron chi connectivity index (χ2n) is 14.8. The predicted molar refractivity (Wildman–Crippen MR) is 228 cm³/mol. The van der Waals surface area contributed by atoms with Crippen molar-refractivity contribution in [3.63, 3.8) is 0 Å².